The Hall–Kier alpha value is -4.70. The molecular formula is C26H18N4O5S. The van der Waals surface area contributed by atoms with Crippen molar-refractivity contribution in [3.05, 3.63) is 104 Å². The predicted octanol–water partition coefficient (Wildman–Crippen LogP) is 5.58. The first kappa shape index (κ1) is 21.8. The molecule has 0 bridgehead atoms. The number of rotatable bonds is 6. The van der Waals surface area contributed by atoms with Crippen LogP contribution in [0.2, 0.25) is 0 Å². The molecule has 1 aliphatic rings. The third kappa shape index (κ3) is 4.14. The Bertz CT molecular complexity index is 1650. The molecule has 0 N–H and O–H groups in total. The number of benzene rings is 3. The fraction of sp³-hybridized carbons (Fsp3) is 0.0769. The van der Waals surface area contributed by atoms with Crippen LogP contribution in [-0.4, -0.2) is 22.6 Å². The lowest BCUT2D eigenvalue weighted by molar-refractivity contribution is -0.385. The number of fused-ring (bicyclic) bond motifs is 2. The number of nitro benzene ring substituents is 1. The molecule has 0 amide bonds. The summed E-state index contributed by atoms with van der Waals surface area (Å²) < 4.78 is 18.4. The molecule has 9 nitrogen and oxygen atoms in total. The Balaban J connectivity index is 1.46. The summed E-state index contributed by atoms with van der Waals surface area (Å²) in [6.07, 6.45) is 1.43. The minimum Gasteiger partial charge on any atom is -0.454 e. The Labute approximate surface area is 208 Å². The second-order valence-corrected chi connectivity index (χ2v) is 8.77. The number of aromatic nitrogens is 1. The summed E-state index contributed by atoms with van der Waals surface area (Å²) in [6.45, 7) is 0.478. The van der Waals surface area contributed by atoms with Gasteiger partial charge in [0.25, 0.3) is 5.69 Å². The Kier molecular flexibility index (Phi) is 5.55. The summed E-state index contributed by atoms with van der Waals surface area (Å²) in [7, 11) is 0. The zero-order valence-electron chi connectivity index (χ0n) is 18.7. The fourth-order valence-electron chi connectivity index (χ4n) is 3.87. The molecule has 0 radical (unpaired) electrons. The number of furan rings is 1. The number of nitrogens with zero attached hydrogens (tertiary/aromatic N) is 4. The van der Waals surface area contributed by atoms with Crippen molar-refractivity contribution in [2.45, 2.75) is 6.54 Å². The molecule has 0 saturated heterocycles. The predicted molar refractivity (Wildman–Crippen MR) is 135 cm³/mol. The highest BCUT2D eigenvalue weighted by Crippen LogP contribution is 2.37. The number of para-hydroxylation sites is 1. The molecule has 0 spiro atoms. The van der Waals surface area contributed by atoms with Crippen LogP contribution in [0.15, 0.2) is 92.7 Å². The van der Waals surface area contributed by atoms with Crippen molar-refractivity contribution in [2.75, 3.05) is 6.79 Å². The molecule has 0 fully saturated rings. The van der Waals surface area contributed by atoms with E-state index in [9.17, 15) is 10.1 Å². The number of thiazole rings is 1. The minimum absolute atomic E-state index is 0.0189. The van der Waals surface area contributed by atoms with E-state index in [0.29, 0.717) is 34.3 Å². The summed E-state index contributed by atoms with van der Waals surface area (Å²) in [5, 5.41) is 19.2. The molecule has 1 aliphatic heterocycles. The van der Waals surface area contributed by atoms with E-state index in [1.165, 1.54) is 23.6 Å². The maximum Gasteiger partial charge on any atom is 0.282 e. The van der Waals surface area contributed by atoms with E-state index in [2.05, 4.69) is 5.10 Å². The SMILES string of the molecule is O=[N+]([O-])c1cc2c(cc1C=Nn1c(-c3cc4ccccc4o3)csc1=NCc1ccccc1)OCO2. The van der Waals surface area contributed by atoms with Crippen molar-refractivity contribution >= 4 is 34.2 Å². The van der Waals surface area contributed by atoms with Gasteiger partial charge in [-0.2, -0.15) is 5.10 Å². The van der Waals surface area contributed by atoms with Gasteiger partial charge in [0, 0.05) is 10.8 Å². The van der Waals surface area contributed by atoms with Gasteiger partial charge < -0.3 is 13.9 Å². The maximum atomic E-state index is 11.7. The van der Waals surface area contributed by atoms with E-state index >= 15 is 0 Å². The third-order valence-corrected chi connectivity index (χ3v) is 6.49. The first-order chi connectivity index (χ1) is 17.7. The van der Waals surface area contributed by atoms with Crippen LogP contribution >= 0.6 is 11.3 Å². The zero-order chi connectivity index (χ0) is 24.5. The van der Waals surface area contributed by atoms with Gasteiger partial charge in [-0.05, 0) is 23.8 Å². The first-order valence-electron chi connectivity index (χ1n) is 11.0. The molecule has 3 heterocycles. The van der Waals surface area contributed by atoms with Gasteiger partial charge in [0.15, 0.2) is 17.3 Å². The number of hydrogen-bond donors (Lipinski definition) is 0. The molecule has 178 valence electrons. The quantitative estimate of drug-likeness (QED) is 0.173. The van der Waals surface area contributed by atoms with Crippen LogP contribution in [0, 0.1) is 10.1 Å². The van der Waals surface area contributed by atoms with E-state index in [-0.39, 0.29) is 18.0 Å². The second-order valence-electron chi connectivity index (χ2n) is 7.93. The minimum atomic E-state index is -0.470. The smallest absolute Gasteiger partial charge is 0.282 e. The zero-order valence-corrected chi connectivity index (χ0v) is 19.6. The average Bonchev–Trinajstić information content (AvgIpc) is 3.63. The highest BCUT2D eigenvalue weighted by Gasteiger charge is 2.23. The number of hydrogen-bond acceptors (Lipinski definition) is 8. The molecule has 6 rings (SSSR count). The normalized spacial score (nSPS) is 13.2. The third-order valence-electron chi connectivity index (χ3n) is 5.63. The molecule has 0 unspecified atom stereocenters. The van der Waals surface area contributed by atoms with E-state index in [4.69, 9.17) is 18.9 Å². The van der Waals surface area contributed by atoms with Crippen LogP contribution in [0.1, 0.15) is 11.1 Å². The van der Waals surface area contributed by atoms with Crippen LogP contribution in [0.3, 0.4) is 0 Å². The summed E-state index contributed by atoms with van der Waals surface area (Å²) in [4.78, 5) is 16.6. The second kappa shape index (κ2) is 9.16. The van der Waals surface area contributed by atoms with Gasteiger partial charge in [-0.1, -0.05) is 48.5 Å². The number of ether oxygens (including phenoxy) is 2. The van der Waals surface area contributed by atoms with Crippen molar-refractivity contribution < 1.29 is 18.8 Å². The summed E-state index contributed by atoms with van der Waals surface area (Å²) in [6, 6.07) is 22.5. The van der Waals surface area contributed by atoms with Crippen LogP contribution in [0.25, 0.3) is 22.4 Å². The number of nitro groups is 1. The van der Waals surface area contributed by atoms with Crippen molar-refractivity contribution in [3.63, 3.8) is 0 Å². The lowest BCUT2D eigenvalue weighted by atomic mass is 10.1. The van der Waals surface area contributed by atoms with Crippen LogP contribution in [-0.2, 0) is 6.54 Å². The van der Waals surface area contributed by atoms with Crippen LogP contribution in [0.5, 0.6) is 11.5 Å². The van der Waals surface area contributed by atoms with Crippen molar-refractivity contribution in [2.24, 2.45) is 10.1 Å². The lowest BCUT2D eigenvalue weighted by Crippen LogP contribution is -2.12. The van der Waals surface area contributed by atoms with Gasteiger partial charge in [0.1, 0.15) is 11.3 Å². The van der Waals surface area contributed by atoms with E-state index in [1.807, 2.05) is 66.0 Å². The highest BCUT2D eigenvalue weighted by atomic mass is 32.1. The monoisotopic (exact) mass is 498 g/mol. The van der Waals surface area contributed by atoms with Crippen molar-refractivity contribution in [1.82, 2.24) is 4.68 Å². The van der Waals surface area contributed by atoms with E-state index in [0.717, 1.165) is 16.5 Å². The fourth-order valence-corrected chi connectivity index (χ4v) is 4.69. The molecule has 0 aliphatic carbocycles. The van der Waals surface area contributed by atoms with Crippen molar-refractivity contribution in [1.29, 1.82) is 0 Å². The maximum absolute atomic E-state index is 11.7. The Morgan fingerprint density at radius 2 is 1.81 bits per heavy atom. The highest BCUT2D eigenvalue weighted by molar-refractivity contribution is 7.07. The summed E-state index contributed by atoms with van der Waals surface area (Å²) >= 11 is 1.41. The van der Waals surface area contributed by atoms with Crippen molar-refractivity contribution in [3.8, 4) is 23.0 Å². The summed E-state index contributed by atoms with van der Waals surface area (Å²) in [5.74, 6) is 1.39. The Morgan fingerprint density at radius 3 is 2.61 bits per heavy atom. The van der Waals surface area contributed by atoms with Gasteiger partial charge in [-0.25, -0.2) is 4.68 Å². The molecule has 0 saturated carbocycles. The summed E-state index contributed by atoms with van der Waals surface area (Å²) in [5.41, 5.74) is 2.64. The first-order valence-corrected chi connectivity index (χ1v) is 11.9. The largest absolute Gasteiger partial charge is 0.454 e. The molecule has 3 aromatic carbocycles. The van der Waals surface area contributed by atoms with Gasteiger partial charge >= 0.3 is 0 Å². The molecule has 36 heavy (non-hydrogen) atoms. The van der Waals surface area contributed by atoms with Gasteiger partial charge in [0.2, 0.25) is 11.6 Å². The topological polar surface area (TPSA) is 104 Å². The molecule has 10 heteroatoms. The van der Waals surface area contributed by atoms with Gasteiger partial charge in [-0.3, -0.25) is 15.1 Å². The standard InChI is InChI=1S/C26H18N4O5S/c31-30(32)20-12-25-24(33-16-34-25)11-19(20)14-28-29-21(23-10-18-8-4-5-9-22(18)35-23)15-36-26(29)27-13-17-6-2-1-3-7-17/h1-12,14-15H,13,16H2. The van der Waals surface area contributed by atoms with E-state index < -0.39 is 4.92 Å². The molecular weight excluding hydrogens is 480 g/mol. The lowest BCUT2D eigenvalue weighted by Gasteiger charge is -2.03. The van der Waals surface area contributed by atoms with Gasteiger partial charge in [-0.15, -0.1) is 11.3 Å². The average molecular weight is 499 g/mol. The molecule has 2 aromatic heterocycles. The van der Waals surface area contributed by atoms with Crippen LogP contribution < -0.4 is 14.3 Å². The van der Waals surface area contributed by atoms with Gasteiger partial charge in [0.05, 0.1) is 29.3 Å². The Morgan fingerprint density at radius 1 is 1.03 bits per heavy atom. The molecule has 0 atom stereocenters. The molecule has 5 aromatic rings. The van der Waals surface area contributed by atoms with Crippen LogP contribution in [0.4, 0.5) is 5.69 Å². The van der Waals surface area contributed by atoms with E-state index in [1.54, 1.807) is 10.7 Å².